The van der Waals surface area contributed by atoms with Crippen molar-refractivity contribution in [3.05, 3.63) is 71.3 Å². The van der Waals surface area contributed by atoms with E-state index in [1.54, 1.807) is 0 Å². The molecule has 0 aromatic heterocycles. The Kier molecular flexibility index (Phi) is 9.00. The van der Waals surface area contributed by atoms with Crippen LogP contribution in [-0.2, 0) is 11.2 Å². The van der Waals surface area contributed by atoms with E-state index in [4.69, 9.17) is 0 Å². The second kappa shape index (κ2) is 11.9. The molecular weight excluding hydrogens is 398 g/mol. The van der Waals surface area contributed by atoms with Crippen LogP contribution in [0.25, 0.3) is 0 Å². The molecule has 172 valence electrons. The zero-order chi connectivity index (χ0) is 22.9. The molecule has 0 radical (unpaired) electrons. The minimum absolute atomic E-state index is 0.0200. The van der Waals surface area contributed by atoms with Gasteiger partial charge in [-0.1, -0.05) is 68.4 Å². The van der Waals surface area contributed by atoms with E-state index < -0.39 is 0 Å². The van der Waals surface area contributed by atoms with Crippen LogP contribution >= 0.6 is 0 Å². The van der Waals surface area contributed by atoms with Gasteiger partial charge >= 0.3 is 0 Å². The monoisotopic (exact) mass is 435 g/mol. The van der Waals surface area contributed by atoms with Crippen molar-refractivity contribution in [3.63, 3.8) is 0 Å². The summed E-state index contributed by atoms with van der Waals surface area (Å²) in [6, 6.07) is 17.9. The van der Waals surface area contributed by atoms with Gasteiger partial charge in [-0.2, -0.15) is 0 Å². The molecule has 1 saturated heterocycles. The van der Waals surface area contributed by atoms with Crippen LogP contribution in [0.5, 0.6) is 0 Å². The fourth-order valence-corrected chi connectivity index (χ4v) is 4.14. The van der Waals surface area contributed by atoms with Crippen LogP contribution in [0.1, 0.15) is 54.2 Å². The highest BCUT2D eigenvalue weighted by molar-refractivity contribution is 5.98. The summed E-state index contributed by atoms with van der Waals surface area (Å²) in [4.78, 5) is 30.1. The third-order valence-corrected chi connectivity index (χ3v) is 6.07. The molecule has 2 aromatic rings. The highest BCUT2D eigenvalue weighted by atomic mass is 16.2. The van der Waals surface area contributed by atoms with Crippen LogP contribution in [0.15, 0.2) is 54.6 Å². The summed E-state index contributed by atoms with van der Waals surface area (Å²) >= 11 is 0. The Morgan fingerprint density at radius 3 is 2.19 bits per heavy atom. The number of nitrogens with zero attached hydrogens (tertiary/aromatic N) is 2. The van der Waals surface area contributed by atoms with Gasteiger partial charge in [0.2, 0.25) is 5.91 Å². The number of carbonyl (C=O) groups is 2. The summed E-state index contributed by atoms with van der Waals surface area (Å²) in [7, 11) is 2.14. The number of ketones is 1. The van der Waals surface area contributed by atoms with Crippen molar-refractivity contribution in [2.45, 2.75) is 39.2 Å². The van der Waals surface area contributed by atoms with Gasteiger partial charge in [-0.3, -0.25) is 14.5 Å². The van der Waals surface area contributed by atoms with Crippen molar-refractivity contribution < 1.29 is 9.59 Å². The van der Waals surface area contributed by atoms with Gasteiger partial charge in [-0.15, -0.1) is 0 Å². The first-order chi connectivity index (χ1) is 15.4. The van der Waals surface area contributed by atoms with Crippen LogP contribution in [0, 0.1) is 5.92 Å². The highest BCUT2D eigenvalue weighted by Crippen LogP contribution is 2.17. The standard InChI is InChI=1S/C27H37N3O2/c1-21(2)19-22-9-11-24(12-10-22)26(31)13-14-27(32)28-25(23-7-5-4-6-8-23)20-30-17-15-29(3)16-18-30/h4-12,21,25H,13-20H2,1-3H3,(H,28,32). The van der Waals surface area contributed by atoms with Gasteiger partial charge < -0.3 is 10.2 Å². The highest BCUT2D eigenvalue weighted by Gasteiger charge is 2.21. The lowest BCUT2D eigenvalue weighted by Crippen LogP contribution is -2.47. The van der Waals surface area contributed by atoms with Crippen LogP contribution in [0.2, 0.25) is 0 Å². The molecule has 1 heterocycles. The van der Waals surface area contributed by atoms with Crippen molar-refractivity contribution in [1.82, 2.24) is 15.1 Å². The molecular formula is C27H37N3O2. The topological polar surface area (TPSA) is 52.7 Å². The summed E-state index contributed by atoms with van der Waals surface area (Å²) in [5.74, 6) is 0.535. The number of amides is 1. The Morgan fingerprint density at radius 1 is 0.906 bits per heavy atom. The molecule has 1 unspecified atom stereocenters. The summed E-state index contributed by atoms with van der Waals surface area (Å²) in [6.45, 7) is 9.24. The first kappa shape index (κ1) is 24.1. The number of carbonyl (C=O) groups excluding carboxylic acids is 2. The van der Waals surface area contributed by atoms with E-state index >= 15 is 0 Å². The molecule has 1 N–H and O–H groups in total. The van der Waals surface area contributed by atoms with Crippen molar-refractivity contribution in [2.75, 3.05) is 39.8 Å². The summed E-state index contributed by atoms with van der Waals surface area (Å²) < 4.78 is 0. The van der Waals surface area contributed by atoms with Crippen LogP contribution < -0.4 is 5.32 Å². The molecule has 1 amide bonds. The maximum absolute atomic E-state index is 12.7. The maximum atomic E-state index is 12.7. The van der Waals surface area contributed by atoms with Crippen LogP contribution in [0.4, 0.5) is 0 Å². The molecule has 0 saturated carbocycles. The van der Waals surface area contributed by atoms with E-state index in [1.165, 1.54) is 5.56 Å². The SMILES string of the molecule is CC(C)Cc1ccc(C(=O)CCC(=O)NC(CN2CCN(C)CC2)c2ccccc2)cc1. The number of hydrogen-bond acceptors (Lipinski definition) is 4. The zero-order valence-electron chi connectivity index (χ0n) is 19.7. The van der Waals surface area contributed by atoms with Crippen molar-refractivity contribution in [3.8, 4) is 0 Å². The minimum Gasteiger partial charge on any atom is -0.348 e. The van der Waals surface area contributed by atoms with Crippen LogP contribution in [-0.4, -0.2) is 61.3 Å². The number of Topliss-reactive ketones (excluding diaryl/α,β-unsaturated/α-hetero) is 1. The van der Waals surface area contributed by atoms with Gasteiger partial charge in [-0.25, -0.2) is 0 Å². The number of nitrogens with one attached hydrogen (secondary N) is 1. The number of benzene rings is 2. The number of likely N-dealkylation sites (N-methyl/N-ethyl adjacent to an activating group) is 1. The fourth-order valence-electron chi connectivity index (χ4n) is 4.14. The van der Waals surface area contributed by atoms with E-state index in [2.05, 4.69) is 48.1 Å². The summed E-state index contributed by atoms with van der Waals surface area (Å²) in [6.07, 6.45) is 1.44. The molecule has 1 aliphatic rings. The normalized spacial score (nSPS) is 16.1. The zero-order valence-corrected chi connectivity index (χ0v) is 19.7. The van der Waals surface area contributed by atoms with E-state index in [9.17, 15) is 9.59 Å². The van der Waals surface area contributed by atoms with Crippen molar-refractivity contribution >= 4 is 11.7 Å². The predicted molar refractivity (Wildman–Crippen MR) is 130 cm³/mol. The molecule has 32 heavy (non-hydrogen) atoms. The quantitative estimate of drug-likeness (QED) is 0.574. The Hall–Kier alpha value is -2.50. The Balaban J connectivity index is 1.54. The second-order valence-corrected chi connectivity index (χ2v) is 9.35. The van der Waals surface area contributed by atoms with Gasteiger partial charge in [0.25, 0.3) is 0 Å². The molecule has 2 aromatic carbocycles. The lowest BCUT2D eigenvalue weighted by molar-refractivity contribution is -0.122. The van der Waals surface area contributed by atoms with Gasteiger partial charge in [0.1, 0.15) is 0 Å². The maximum Gasteiger partial charge on any atom is 0.220 e. The number of piperazine rings is 1. The largest absolute Gasteiger partial charge is 0.348 e. The van der Waals surface area contributed by atoms with Crippen molar-refractivity contribution in [1.29, 1.82) is 0 Å². The first-order valence-corrected chi connectivity index (χ1v) is 11.8. The number of hydrogen-bond donors (Lipinski definition) is 1. The first-order valence-electron chi connectivity index (χ1n) is 11.8. The summed E-state index contributed by atoms with van der Waals surface area (Å²) in [5, 5.41) is 3.18. The average Bonchev–Trinajstić information content (AvgIpc) is 2.79. The molecule has 5 nitrogen and oxygen atoms in total. The summed E-state index contributed by atoms with van der Waals surface area (Å²) in [5.41, 5.74) is 3.03. The van der Waals surface area contributed by atoms with Crippen LogP contribution in [0.3, 0.4) is 0 Å². The molecule has 1 atom stereocenters. The Morgan fingerprint density at radius 2 is 1.56 bits per heavy atom. The van der Waals surface area contributed by atoms with E-state index in [-0.39, 0.29) is 30.6 Å². The molecule has 0 aliphatic carbocycles. The van der Waals surface area contributed by atoms with Gasteiger partial charge in [0, 0.05) is 51.1 Å². The third kappa shape index (κ3) is 7.57. The van der Waals surface area contributed by atoms with E-state index in [0.717, 1.165) is 44.7 Å². The van der Waals surface area contributed by atoms with Gasteiger partial charge in [-0.05, 0) is 30.5 Å². The minimum atomic E-state index is -0.0717. The Bertz CT molecular complexity index is 856. The van der Waals surface area contributed by atoms with Gasteiger partial charge in [0.15, 0.2) is 5.78 Å². The molecule has 1 fully saturated rings. The van der Waals surface area contributed by atoms with Crippen molar-refractivity contribution in [2.24, 2.45) is 5.92 Å². The molecule has 0 spiro atoms. The molecule has 1 aliphatic heterocycles. The lowest BCUT2D eigenvalue weighted by Gasteiger charge is -2.35. The number of rotatable bonds is 10. The molecule has 3 rings (SSSR count). The second-order valence-electron chi connectivity index (χ2n) is 9.35. The lowest BCUT2D eigenvalue weighted by atomic mass is 9.99. The van der Waals surface area contributed by atoms with E-state index in [0.29, 0.717) is 11.5 Å². The van der Waals surface area contributed by atoms with Gasteiger partial charge in [0.05, 0.1) is 6.04 Å². The Labute approximate surface area is 192 Å². The average molecular weight is 436 g/mol. The van der Waals surface area contributed by atoms with E-state index in [1.807, 2.05) is 42.5 Å². The predicted octanol–water partition coefficient (Wildman–Crippen LogP) is 3.95. The smallest absolute Gasteiger partial charge is 0.220 e. The fraction of sp³-hybridized carbons (Fsp3) is 0.481. The third-order valence-electron chi connectivity index (χ3n) is 6.07. The molecule has 5 heteroatoms. The molecule has 0 bridgehead atoms.